The maximum absolute atomic E-state index is 11.9. The second-order valence-electron chi connectivity index (χ2n) is 5.85. The van der Waals surface area contributed by atoms with Gasteiger partial charge in [0.25, 0.3) is 0 Å². The Labute approximate surface area is 119 Å². The van der Waals surface area contributed by atoms with Crippen molar-refractivity contribution in [3.63, 3.8) is 0 Å². The van der Waals surface area contributed by atoms with Crippen LogP contribution in [0, 0.1) is 0 Å². The van der Waals surface area contributed by atoms with Gasteiger partial charge in [0.15, 0.2) is 0 Å². The zero-order valence-electron chi connectivity index (χ0n) is 12.5. The third-order valence-corrected chi connectivity index (χ3v) is 2.83. The molecule has 0 radical (unpaired) electrons. The first-order valence-corrected chi connectivity index (χ1v) is 6.91. The molecule has 0 aromatic carbocycles. The van der Waals surface area contributed by atoms with Crippen LogP contribution in [-0.4, -0.2) is 78.4 Å². The molecule has 1 aliphatic heterocycles. The highest BCUT2D eigenvalue weighted by Crippen LogP contribution is 2.15. The van der Waals surface area contributed by atoms with Gasteiger partial charge in [-0.15, -0.1) is 0 Å². The normalized spacial score (nSPS) is 23.1. The van der Waals surface area contributed by atoms with Crippen LogP contribution < -0.4 is 5.32 Å². The monoisotopic (exact) mass is 290 g/mol. The van der Waals surface area contributed by atoms with E-state index in [1.165, 1.54) is 4.90 Å². The van der Waals surface area contributed by atoms with E-state index < -0.39 is 17.8 Å². The van der Waals surface area contributed by atoms with Crippen molar-refractivity contribution in [1.29, 1.82) is 0 Å². The number of ether oxygens (including phenoxy) is 2. The Morgan fingerprint density at radius 1 is 1.35 bits per heavy atom. The van der Waals surface area contributed by atoms with Gasteiger partial charge in [-0.3, -0.25) is 0 Å². The summed E-state index contributed by atoms with van der Waals surface area (Å²) in [4.78, 5) is 13.4. The Kier molecular flexibility index (Phi) is 6.67. The number of amides is 1. The molecule has 1 amide bonds. The van der Waals surface area contributed by atoms with Crippen molar-refractivity contribution >= 4 is 6.09 Å². The molecule has 1 fully saturated rings. The molecule has 0 aliphatic carbocycles. The quantitative estimate of drug-likeness (QED) is 0.575. The van der Waals surface area contributed by atoms with Gasteiger partial charge in [-0.25, -0.2) is 4.79 Å². The molecule has 0 spiro atoms. The summed E-state index contributed by atoms with van der Waals surface area (Å²) in [5.74, 6) is 0. The van der Waals surface area contributed by atoms with E-state index in [0.717, 1.165) is 0 Å². The van der Waals surface area contributed by atoms with Crippen LogP contribution in [-0.2, 0) is 9.47 Å². The number of nitrogens with one attached hydrogen (secondary N) is 1. The summed E-state index contributed by atoms with van der Waals surface area (Å²) in [5.41, 5.74) is -0.536. The van der Waals surface area contributed by atoms with Crippen LogP contribution in [0.5, 0.6) is 0 Å². The molecule has 3 N–H and O–H groups in total. The van der Waals surface area contributed by atoms with Crippen LogP contribution in [0.2, 0.25) is 0 Å². The van der Waals surface area contributed by atoms with E-state index in [1.54, 1.807) is 0 Å². The first-order chi connectivity index (χ1) is 9.33. The van der Waals surface area contributed by atoms with Crippen LogP contribution in [0.3, 0.4) is 0 Å². The summed E-state index contributed by atoms with van der Waals surface area (Å²) >= 11 is 0. The van der Waals surface area contributed by atoms with Gasteiger partial charge in [-0.05, 0) is 20.8 Å². The number of carbonyl (C=O) groups is 1. The highest BCUT2D eigenvalue weighted by molar-refractivity contribution is 5.68. The zero-order valence-corrected chi connectivity index (χ0v) is 12.5. The summed E-state index contributed by atoms with van der Waals surface area (Å²) in [6.07, 6.45) is -1.02. The third kappa shape index (κ3) is 6.04. The molecule has 1 aliphatic rings. The van der Waals surface area contributed by atoms with Gasteiger partial charge in [-0.1, -0.05) is 0 Å². The lowest BCUT2D eigenvalue weighted by atomic mass is 10.2. The second kappa shape index (κ2) is 7.78. The molecule has 0 unspecified atom stereocenters. The number of likely N-dealkylation sites (tertiary alicyclic amines) is 1. The minimum Gasteiger partial charge on any atom is -0.444 e. The van der Waals surface area contributed by atoms with Gasteiger partial charge in [0, 0.05) is 13.1 Å². The van der Waals surface area contributed by atoms with Crippen LogP contribution in [0.1, 0.15) is 20.8 Å². The molecule has 0 bridgehead atoms. The van der Waals surface area contributed by atoms with Crippen molar-refractivity contribution in [2.45, 2.75) is 38.5 Å². The predicted molar refractivity (Wildman–Crippen MR) is 73.5 cm³/mol. The Morgan fingerprint density at radius 3 is 2.65 bits per heavy atom. The number of β-amino-alcohol motifs (C(OH)–C–C–N with tert-alkyl or cyclic N) is 1. The fraction of sp³-hybridized carbons (Fsp3) is 0.923. The van der Waals surface area contributed by atoms with E-state index in [0.29, 0.717) is 26.3 Å². The first kappa shape index (κ1) is 17.2. The van der Waals surface area contributed by atoms with Crippen LogP contribution in [0.4, 0.5) is 4.79 Å². The number of hydrogen-bond donors (Lipinski definition) is 3. The van der Waals surface area contributed by atoms with Crippen molar-refractivity contribution in [1.82, 2.24) is 10.2 Å². The van der Waals surface area contributed by atoms with Gasteiger partial charge in [0.05, 0.1) is 38.5 Å². The summed E-state index contributed by atoms with van der Waals surface area (Å²) < 4.78 is 10.4. The van der Waals surface area contributed by atoms with Crippen LogP contribution >= 0.6 is 0 Å². The average Bonchev–Trinajstić information content (AvgIpc) is 2.69. The lowest BCUT2D eigenvalue weighted by molar-refractivity contribution is 0.0270. The van der Waals surface area contributed by atoms with Crippen molar-refractivity contribution in [2.24, 2.45) is 0 Å². The van der Waals surface area contributed by atoms with E-state index in [4.69, 9.17) is 14.6 Å². The Hall–Kier alpha value is -0.890. The molecular formula is C13H26N2O5. The number of rotatable bonds is 6. The van der Waals surface area contributed by atoms with Crippen molar-refractivity contribution in [3.8, 4) is 0 Å². The van der Waals surface area contributed by atoms with Crippen molar-refractivity contribution < 1.29 is 24.5 Å². The number of aliphatic hydroxyl groups is 2. The van der Waals surface area contributed by atoms with Crippen LogP contribution in [0.15, 0.2) is 0 Å². The van der Waals surface area contributed by atoms with E-state index in [9.17, 15) is 9.90 Å². The number of carbonyl (C=O) groups excluding carboxylic acids is 1. The molecule has 0 aromatic heterocycles. The second-order valence-corrected chi connectivity index (χ2v) is 5.85. The molecule has 1 rings (SSSR count). The predicted octanol–water partition coefficient (Wildman–Crippen LogP) is -0.435. The maximum atomic E-state index is 11.9. The number of hydrogen-bond acceptors (Lipinski definition) is 6. The molecule has 0 aromatic rings. The van der Waals surface area contributed by atoms with Gasteiger partial charge < -0.3 is 29.9 Å². The van der Waals surface area contributed by atoms with Crippen molar-refractivity contribution in [2.75, 3.05) is 39.5 Å². The summed E-state index contributed by atoms with van der Waals surface area (Å²) in [6.45, 7) is 7.43. The Morgan fingerprint density at radius 2 is 2.05 bits per heavy atom. The van der Waals surface area contributed by atoms with Crippen molar-refractivity contribution in [3.05, 3.63) is 0 Å². The minimum atomic E-state index is -0.611. The topological polar surface area (TPSA) is 91.3 Å². The fourth-order valence-corrected chi connectivity index (χ4v) is 1.95. The first-order valence-electron chi connectivity index (χ1n) is 6.91. The summed E-state index contributed by atoms with van der Waals surface area (Å²) in [5, 5.41) is 21.6. The lowest BCUT2D eigenvalue weighted by Crippen LogP contribution is -2.41. The number of nitrogens with zero attached hydrogens (tertiary/aromatic N) is 1. The summed E-state index contributed by atoms with van der Waals surface area (Å²) in [7, 11) is 0. The zero-order chi connectivity index (χ0) is 15.2. The SMILES string of the molecule is CC(C)(C)OC(=O)N1C[C@@H](O)[C@H](NCCOCCO)C1. The molecule has 7 heteroatoms. The standard InChI is InChI=1S/C13H26N2O5/c1-13(2,3)20-12(18)15-8-10(11(17)9-15)14-4-6-19-7-5-16/h10-11,14,16-17H,4-9H2,1-3H3/t10-,11-/m1/s1. The molecule has 2 atom stereocenters. The smallest absolute Gasteiger partial charge is 0.410 e. The summed E-state index contributed by atoms with van der Waals surface area (Å²) in [6, 6.07) is -0.180. The van der Waals surface area contributed by atoms with E-state index in [1.807, 2.05) is 20.8 Å². The lowest BCUT2D eigenvalue weighted by Gasteiger charge is -2.24. The largest absolute Gasteiger partial charge is 0.444 e. The van der Waals surface area contributed by atoms with Crippen LogP contribution in [0.25, 0.3) is 0 Å². The highest BCUT2D eigenvalue weighted by Gasteiger charge is 2.35. The molecule has 118 valence electrons. The van der Waals surface area contributed by atoms with Gasteiger partial charge in [0.2, 0.25) is 0 Å². The average molecular weight is 290 g/mol. The number of aliphatic hydroxyl groups excluding tert-OH is 2. The molecule has 1 saturated heterocycles. The fourth-order valence-electron chi connectivity index (χ4n) is 1.95. The Balaban J connectivity index is 2.30. The van der Waals surface area contributed by atoms with E-state index in [-0.39, 0.29) is 19.2 Å². The molecule has 0 saturated carbocycles. The molecular weight excluding hydrogens is 264 g/mol. The molecule has 20 heavy (non-hydrogen) atoms. The van der Waals surface area contributed by atoms with Gasteiger partial charge in [0.1, 0.15) is 5.60 Å². The molecule has 7 nitrogen and oxygen atoms in total. The van der Waals surface area contributed by atoms with Gasteiger partial charge in [-0.2, -0.15) is 0 Å². The molecule has 1 heterocycles. The maximum Gasteiger partial charge on any atom is 0.410 e. The van der Waals surface area contributed by atoms with E-state index >= 15 is 0 Å². The Bertz CT molecular complexity index is 306. The minimum absolute atomic E-state index is 0.00151. The van der Waals surface area contributed by atoms with E-state index in [2.05, 4.69) is 5.32 Å². The van der Waals surface area contributed by atoms with Gasteiger partial charge >= 0.3 is 6.09 Å². The third-order valence-electron chi connectivity index (χ3n) is 2.83. The highest BCUT2D eigenvalue weighted by atomic mass is 16.6.